The Labute approximate surface area is 147 Å². The lowest BCUT2D eigenvalue weighted by molar-refractivity contribution is 0.102. The van der Waals surface area contributed by atoms with Crippen molar-refractivity contribution in [2.24, 2.45) is 0 Å². The predicted octanol–water partition coefficient (Wildman–Crippen LogP) is 4.06. The second-order valence-electron chi connectivity index (χ2n) is 5.66. The summed E-state index contributed by atoms with van der Waals surface area (Å²) in [4.78, 5) is 22.7. The van der Waals surface area contributed by atoms with Gasteiger partial charge in [-0.25, -0.2) is 9.97 Å². The molecule has 0 aliphatic carbocycles. The highest BCUT2D eigenvalue weighted by Crippen LogP contribution is 2.21. The molecule has 0 spiro atoms. The van der Waals surface area contributed by atoms with Crippen LogP contribution in [0.15, 0.2) is 67.0 Å². The van der Waals surface area contributed by atoms with Crippen LogP contribution in [0, 0.1) is 0 Å². The summed E-state index contributed by atoms with van der Waals surface area (Å²) in [5, 5.41) is 2.87. The Morgan fingerprint density at radius 2 is 1.76 bits per heavy atom. The van der Waals surface area contributed by atoms with Crippen molar-refractivity contribution in [2.75, 3.05) is 17.3 Å². The Hall–Kier alpha value is -3.21. The number of amides is 1. The highest BCUT2D eigenvalue weighted by Gasteiger charge is 2.12. The van der Waals surface area contributed by atoms with Crippen LogP contribution in [-0.2, 0) is 6.42 Å². The molecule has 1 amide bonds. The van der Waals surface area contributed by atoms with Gasteiger partial charge in [0.05, 0.1) is 0 Å². The van der Waals surface area contributed by atoms with Crippen LogP contribution in [0.5, 0.6) is 0 Å². The van der Waals surface area contributed by atoms with E-state index in [1.807, 2.05) is 66.5 Å². The SMILES string of the molecule is CCc1ccc(NC(=O)c2cc(N(C)c3ccccc3)ncn2)cc1. The van der Waals surface area contributed by atoms with E-state index in [1.165, 1.54) is 11.9 Å². The van der Waals surface area contributed by atoms with Crippen molar-refractivity contribution < 1.29 is 4.79 Å². The quantitative estimate of drug-likeness (QED) is 0.765. The summed E-state index contributed by atoms with van der Waals surface area (Å²) in [6, 6.07) is 19.3. The number of hydrogen-bond acceptors (Lipinski definition) is 4. The Kier molecular flexibility index (Phi) is 5.04. The van der Waals surface area contributed by atoms with Crippen LogP contribution in [0.2, 0.25) is 0 Å². The van der Waals surface area contributed by atoms with Gasteiger partial charge in [0.15, 0.2) is 0 Å². The number of aryl methyl sites for hydroxylation is 1. The molecule has 5 heteroatoms. The van der Waals surface area contributed by atoms with Crippen molar-refractivity contribution in [1.29, 1.82) is 0 Å². The van der Waals surface area contributed by atoms with Gasteiger partial charge in [-0.15, -0.1) is 0 Å². The van der Waals surface area contributed by atoms with E-state index in [9.17, 15) is 4.79 Å². The summed E-state index contributed by atoms with van der Waals surface area (Å²) in [6.07, 6.45) is 2.37. The first-order valence-corrected chi connectivity index (χ1v) is 8.18. The molecule has 3 rings (SSSR count). The van der Waals surface area contributed by atoms with Gasteiger partial charge in [-0.3, -0.25) is 4.79 Å². The first kappa shape index (κ1) is 16.6. The molecule has 0 radical (unpaired) electrons. The number of carbonyl (C=O) groups excluding carboxylic acids is 1. The topological polar surface area (TPSA) is 58.1 Å². The van der Waals surface area contributed by atoms with Gasteiger partial charge < -0.3 is 10.2 Å². The highest BCUT2D eigenvalue weighted by molar-refractivity contribution is 6.03. The highest BCUT2D eigenvalue weighted by atomic mass is 16.1. The number of para-hydroxylation sites is 1. The molecular weight excluding hydrogens is 312 g/mol. The van der Waals surface area contributed by atoms with E-state index in [2.05, 4.69) is 22.2 Å². The number of carbonyl (C=O) groups is 1. The number of anilines is 3. The lowest BCUT2D eigenvalue weighted by Crippen LogP contribution is -2.17. The molecule has 0 fully saturated rings. The summed E-state index contributed by atoms with van der Waals surface area (Å²) in [5.74, 6) is 0.405. The Bertz CT molecular complexity index is 847. The van der Waals surface area contributed by atoms with E-state index in [0.29, 0.717) is 11.5 Å². The number of nitrogens with zero attached hydrogens (tertiary/aromatic N) is 3. The third-order valence-corrected chi connectivity index (χ3v) is 3.99. The van der Waals surface area contributed by atoms with Gasteiger partial charge in [-0.1, -0.05) is 37.3 Å². The third kappa shape index (κ3) is 4.01. The predicted molar refractivity (Wildman–Crippen MR) is 100 cm³/mol. The van der Waals surface area contributed by atoms with Gasteiger partial charge in [0.25, 0.3) is 5.91 Å². The molecule has 3 aromatic rings. The van der Waals surface area contributed by atoms with Crippen molar-refractivity contribution in [3.05, 3.63) is 78.2 Å². The number of aromatic nitrogens is 2. The van der Waals surface area contributed by atoms with Crippen LogP contribution in [0.1, 0.15) is 23.0 Å². The molecule has 0 bridgehead atoms. The molecule has 0 saturated heterocycles. The number of benzene rings is 2. The Morgan fingerprint density at radius 3 is 2.44 bits per heavy atom. The standard InChI is InChI=1S/C20H20N4O/c1-3-15-9-11-16(12-10-15)23-20(25)18-13-19(22-14-21-18)24(2)17-7-5-4-6-8-17/h4-14H,3H2,1-2H3,(H,23,25). The number of rotatable bonds is 5. The van der Waals surface area contributed by atoms with Gasteiger partial charge in [0, 0.05) is 24.5 Å². The second kappa shape index (κ2) is 7.57. The van der Waals surface area contributed by atoms with Crippen LogP contribution in [0.25, 0.3) is 0 Å². The van der Waals surface area contributed by atoms with E-state index in [0.717, 1.165) is 17.8 Å². The largest absolute Gasteiger partial charge is 0.329 e. The van der Waals surface area contributed by atoms with Gasteiger partial charge in [0.2, 0.25) is 0 Å². The Morgan fingerprint density at radius 1 is 1.04 bits per heavy atom. The molecule has 0 unspecified atom stereocenters. The average molecular weight is 332 g/mol. The lowest BCUT2D eigenvalue weighted by Gasteiger charge is -2.18. The van der Waals surface area contributed by atoms with E-state index in [1.54, 1.807) is 6.07 Å². The zero-order valence-corrected chi connectivity index (χ0v) is 14.3. The first-order valence-electron chi connectivity index (χ1n) is 8.18. The summed E-state index contributed by atoms with van der Waals surface area (Å²) < 4.78 is 0. The molecule has 0 atom stereocenters. The van der Waals surface area contributed by atoms with E-state index in [4.69, 9.17) is 0 Å². The minimum absolute atomic E-state index is 0.255. The summed E-state index contributed by atoms with van der Waals surface area (Å²) in [6.45, 7) is 2.10. The van der Waals surface area contributed by atoms with Gasteiger partial charge in [0.1, 0.15) is 17.8 Å². The fourth-order valence-electron chi connectivity index (χ4n) is 2.46. The monoisotopic (exact) mass is 332 g/mol. The van der Waals surface area contributed by atoms with Crippen molar-refractivity contribution >= 4 is 23.1 Å². The van der Waals surface area contributed by atoms with Gasteiger partial charge >= 0.3 is 0 Å². The van der Waals surface area contributed by atoms with Crippen molar-refractivity contribution in [3.8, 4) is 0 Å². The zero-order chi connectivity index (χ0) is 17.6. The van der Waals surface area contributed by atoms with Crippen LogP contribution < -0.4 is 10.2 Å². The molecule has 1 heterocycles. The molecule has 5 nitrogen and oxygen atoms in total. The smallest absolute Gasteiger partial charge is 0.274 e. The summed E-state index contributed by atoms with van der Waals surface area (Å²) >= 11 is 0. The minimum Gasteiger partial charge on any atom is -0.329 e. The number of nitrogens with one attached hydrogen (secondary N) is 1. The van der Waals surface area contributed by atoms with Crippen LogP contribution in [0.4, 0.5) is 17.2 Å². The van der Waals surface area contributed by atoms with E-state index >= 15 is 0 Å². The zero-order valence-electron chi connectivity index (χ0n) is 14.3. The minimum atomic E-state index is -0.255. The second-order valence-corrected chi connectivity index (χ2v) is 5.66. The third-order valence-electron chi connectivity index (χ3n) is 3.99. The summed E-state index contributed by atoms with van der Waals surface area (Å²) in [5.41, 5.74) is 3.29. The molecule has 25 heavy (non-hydrogen) atoms. The molecule has 0 aliphatic rings. The number of hydrogen-bond donors (Lipinski definition) is 1. The molecule has 2 aromatic carbocycles. The lowest BCUT2D eigenvalue weighted by atomic mass is 10.1. The Balaban J connectivity index is 1.77. The molecule has 0 aliphatic heterocycles. The fourth-order valence-corrected chi connectivity index (χ4v) is 2.46. The maximum absolute atomic E-state index is 12.5. The van der Waals surface area contributed by atoms with Crippen LogP contribution >= 0.6 is 0 Å². The van der Waals surface area contributed by atoms with Crippen molar-refractivity contribution in [1.82, 2.24) is 9.97 Å². The summed E-state index contributed by atoms with van der Waals surface area (Å²) in [7, 11) is 1.91. The molecule has 0 saturated carbocycles. The molecular formula is C20H20N4O. The van der Waals surface area contributed by atoms with Gasteiger partial charge in [-0.05, 0) is 36.2 Å². The normalized spacial score (nSPS) is 10.3. The molecule has 126 valence electrons. The maximum Gasteiger partial charge on any atom is 0.274 e. The van der Waals surface area contributed by atoms with E-state index < -0.39 is 0 Å². The maximum atomic E-state index is 12.5. The molecule has 1 aromatic heterocycles. The van der Waals surface area contributed by atoms with Crippen molar-refractivity contribution in [2.45, 2.75) is 13.3 Å². The molecule has 1 N–H and O–H groups in total. The van der Waals surface area contributed by atoms with Crippen LogP contribution in [-0.4, -0.2) is 22.9 Å². The van der Waals surface area contributed by atoms with Crippen molar-refractivity contribution in [3.63, 3.8) is 0 Å². The fraction of sp³-hybridized carbons (Fsp3) is 0.150. The van der Waals surface area contributed by atoms with E-state index in [-0.39, 0.29) is 5.91 Å². The first-order chi connectivity index (χ1) is 12.2. The van der Waals surface area contributed by atoms with Crippen LogP contribution in [0.3, 0.4) is 0 Å². The average Bonchev–Trinajstić information content (AvgIpc) is 2.68. The van der Waals surface area contributed by atoms with Gasteiger partial charge in [-0.2, -0.15) is 0 Å².